The maximum atomic E-state index is 6.02. The van der Waals surface area contributed by atoms with Crippen molar-refractivity contribution in [2.45, 2.75) is 32.4 Å². The van der Waals surface area contributed by atoms with Gasteiger partial charge in [0.15, 0.2) is 0 Å². The van der Waals surface area contributed by atoms with E-state index in [0.29, 0.717) is 6.61 Å². The van der Waals surface area contributed by atoms with Gasteiger partial charge in [0, 0.05) is 31.4 Å². The van der Waals surface area contributed by atoms with Crippen molar-refractivity contribution in [3.8, 4) is 5.75 Å². The third-order valence-corrected chi connectivity index (χ3v) is 4.76. The summed E-state index contributed by atoms with van der Waals surface area (Å²) < 4.78 is 6.02. The number of hydrogen-bond acceptors (Lipinski definition) is 4. The van der Waals surface area contributed by atoms with Crippen LogP contribution in [0.15, 0.2) is 48.7 Å². The first-order valence-corrected chi connectivity index (χ1v) is 9.33. The van der Waals surface area contributed by atoms with Gasteiger partial charge in [-0.05, 0) is 51.2 Å². The molecular weight excluding hydrogens is 310 g/mol. The Morgan fingerprint density at radius 1 is 1.04 bits per heavy atom. The molecule has 0 bridgehead atoms. The van der Waals surface area contributed by atoms with E-state index in [-0.39, 0.29) is 0 Å². The molecule has 0 spiro atoms. The fourth-order valence-electron chi connectivity index (χ4n) is 3.28. The molecule has 0 N–H and O–H groups in total. The maximum Gasteiger partial charge on any atom is 0.130 e. The number of piperidine rings is 1. The molecule has 0 atom stereocenters. The molecular formula is C21H29N3O. The number of hydrogen-bond donors (Lipinski definition) is 0. The van der Waals surface area contributed by atoms with Crippen molar-refractivity contribution in [2.75, 3.05) is 33.2 Å². The Kier molecular flexibility index (Phi) is 6.83. The summed E-state index contributed by atoms with van der Waals surface area (Å²) in [7, 11) is 2.19. The smallest absolute Gasteiger partial charge is 0.130 e. The number of pyridine rings is 1. The fraction of sp³-hybridized carbons (Fsp3) is 0.476. The lowest BCUT2D eigenvalue weighted by molar-refractivity contribution is 0.192. The second kappa shape index (κ2) is 9.54. The molecule has 0 unspecified atom stereocenters. The van der Waals surface area contributed by atoms with Crippen molar-refractivity contribution in [3.05, 3.63) is 59.9 Å². The van der Waals surface area contributed by atoms with Crippen LogP contribution in [0.4, 0.5) is 0 Å². The second-order valence-electron chi connectivity index (χ2n) is 6.86. The molecule has 4 nitrogen and oxygen atoms in total. The highest BCUT2D eigenvalue weighted by Gasteiger charge is 2.12. The summed E-state index contributed by atoms with van der Waals surface area (Å²) in [4.78, 5) is 9.30. The minimum atomic E-state index is 0.509. The summed E-state index contributed by atoms with van der Waals surface area (Å²) in [5.74, 6) is 0.956. The van der Waals surface area contributed by atoms with Crippen LogP contribution in [0.1, 0.15) is 30.5 Å². The molecule has 0 saturated carbocycles. The number of rotatable bonds is 8. The van der Waals surface area contributed by atoms with Crippen molar-refractivity contribution in [1.82, 2.24) is 14.8 Å². The number of ether oxygens (including phenoxy) is 1. The number of aromatic nitrogens is 1. The predicted molar refractivity (Wildman–Crippen MR) is 102 cm³/mol. The van der Waals surface area contributed by atoms with Crippen molar-refractivity contribution < 1.29 is 4.74 Å². The van der Waals surface area contributed by atoms with Gasteiger partial charge in [-0.25, -0.2) is 0 Å². The fourth-order valence-corrected chi connectivity index (χ4v) is 3.28. The summed E-state index contributed by atoms with van der Waals surface area (Å²) in [5, 5.41) is 0. The van der Waals surface area contributed by atoms with E-state index in [9.17, 15) is 0 Å². The van der Waals surface area contributed by atoms with Gasteiger partial charge in [0.25, 0.3) is 0 Å². The zero-order chi connectivity index (χ0) is 17.3. The molecule has 2 heterocycles. The first-order valence-electron chi connectivity index (χ1n) is 9.33. The monoisotopic (exact) mass is 339 g/mol. The second-order valence-corrected chi connectivity index (χ2v) is 6.86. The average Bonchev–Trinajstić information content (AvgIpc) is 2.67. The minimum Gasteiger partial charge on any atom is -0.487 e. The quantitative estimate of drug-likeness (QED) is 0.735. The van der Waals surface area contributed by atoms with Crippen LogP contribution in [0.2, 0.25) is 0 Å². The Balaban J connectivity index is 1.51. The van der Waals surface area contributed by atoms with Crippen LogP contribution in [-0.4, -0.2) is 48.0 Å². The van der Waals surface area contributed by atoms with E-state index in [1.807, 2.05) is 24.3 Å². The lowest BCUT2D eigenvalue weighted by Crippen LogP contribution is -2.36. The van der Waals surface area contributed by atoms with Gasteiger partial charge in [0.05, 0.1) is 5.69 Å². The Labute approximate surface area is 151 Å². The molecule has 1 aliphatic heterocycles. The Morgan fingerprint density at radius 3 is 2.64 bits per heavy atom. The number of para-hydroxylation sites is 1. The van der Waals surface area contributed by atoms with Crippen LogP contribution in [-0.2, 0) is 13.2 Å². The molecule has 25 heavy (non-hydrogen) atoms. The summed E-state index contributed by atoms with van der Waals surface area (Å²) in [6.07, 6.45) is 5.91. The van der Waals surface area contributed by atoms with Gasteiger partial charge in [-0.3, -0.25) is 4.98 Å². The summed E-state index contributed by atoms with van der Waals surface area (Å²) in [5.41, 5.74) is 2.19. The molecule has 1 aliphatic rings. The number of likely N-dealkylation sites (tertiary alicyclic amines) is 1. The van der Waals surface area contributed by atoms with E-state index in [1.165, 1.54) is 37.9 Å². The van der Waals surface area contributed by atoms with Gasteiger partial charge < -0.3 is 14.5 Å². The van der Waals surface area contributed by atoms with E-state index in [1.54, 1.807) is 6.20 Å². The molecule has 134 valence electrons. The summed E-state index contributed by atoms with van der Waals surface area (Å²) >= 11 is 0. The molecule has 1 saturated heterocycles. The van der Waals surface area contributed by atoms with Crippen LogP contribution in [0, 0.1) is 0 Å². The number of benzene rings is 1. The molecule has 0 radical (unpaired) electrons. The standard InChI is InChI=1S/C21H29N3O/c1-23(15-16-24-13-7-2-8-14-24)17-19-9-3-4-11-21(19)25-18-20-10-5-6-12-22-20/h3-6,9-12H,2,7-8,13-18H2,1H3. The number of nitrogens with zero attached hydrogens (tertiary/aromatic N) is 3. The van der Waals surface area contributed by atoms with Crippen molar-refractivity contribution >= 4 is 0 Å². The third-order valence-electron chi connectivity index (χ3n) is 4.76. The molecule has 4 heteroatoms. The van der Waals surface area contributed by atoms with E-state index in [4.69, 9.17) is 4.74 Å². The Bertz CT molecular complexity index is 626. The van der Waals surface area contributed by atoms with Crippen LogP contribution in [0.3, 0.4) is 0 Å². The highest BCUT2D eigenvalue weighted by molar-refractivity contribution is 5.33. The van der Waals surface area contributed by atoms with Gasteiger partial charge >= 0.3 is 0 Å². The molecule has 1 aromatic heterocycles. The van der Waals surface area contributed by atoms with Crippen LogP contribution in [0.25, 0.3) is 0 Å². The SMILES string of the molecule is CN(CCN1CCCCC1)Cc1ccccc1OCc1ccccn1. The zero-order valence-electron chi connectivity index (χ0n) is 15.2. The van der Waals surface area contributed by atoms with Crippen molar-refractivity contribution in [2.24, 2.45) is 0 Å². The normalized spacial score (nSPS) is 15.4. The molecule has 2 aromatic rings. The molecule has 0 amide bonds. The summed E-state index contributed by atoms with van der Waals surface area (Å²) in [6, 6.07) is 14.2. The number of likely N-dealkylation sites (N-methyl/N-ethyl adjacent to an activating group) is 1. The van der Waals surface area contributed by atoms with E-state index >= 15 is 0 Å². The van der Waals surface area contributed by atoms with E-state index in [0.717, 1.165) is 31.1 Å². The van der Waals surface area contributed by atoms with E-state index < -0.39 is 0 Å². The van der Waals surface area contributed by atoms with E-state index in [2.05, 4.69) is 40.0 Å². The van der Waals surface area contributed by atoms with Crippen LogP contribution < -0.4 is 4.74 Å². The van der Waals surface area contributed by atoms with Gasteiger partial charge in [0.2, 0.25) is 0 Å². The third kappa shape index (κ3) is 5.83. The highest BCUT2D eigenvalue weighted by Crippen LogP contribution is 2.20. The van der Waals surface area contributed by atoms with Gasteiger partial charge in [0.1, 0.15) is 12.4 Å². The van der Waals surface area contributed by atoms with Crippen molar-refractivity contribution in [3.63, 3.8) is 0 Å². The molecule has 1 aromatic carbocycles. The largest absolute Gasteiger partial charge is 0.487 e. The summed E-state index contributed by atoms with van der Waals surface area (Å²) in [6.45, 7) is 6.19. The molecule has 1 fully saturated rings. The average molecular weight is 339 g/mol. The van der Waals surface area contributed by atoms with Gasteiger partial charge in [-0.1, -0.05) is 30.7 Å². The predicted octanol–water partition coefficient (Wildman–Crippen LogP) is 3.58. The maximum absolute atomic E-state index is 6.02. The first-order chi connectivity index (χ1) is 12.3. The lowest BCUT2D eigenvalue weighted by atomic mass is 10.1. The van der Waals surface area contributed by atoms with Crippen LogP contribution in [0.5, 0.6) is 5.75 Å². The zero-order valence-corrected chi connectivity index (χ0v) is 15.2. The lowest BCUT2D eigenvalue weighted by Gasteiger charge is -2.28. The highest BCUT2D eigenvalue weighted by atomic mass is 16.5. The Hall–Kier alpha value is -1.91. The molecule has 0 aliphatic carbocycles. The molecule has 3 rings (SSSR count). The first kappa shape index (κ1) is 17.9. The van der Waals surface area contributed by atoms with Gasteiger partial charge in [-0.15, -0.1) is 0 Å². The van der Waals surface area contributed by atoms with Gasteiger partial charge in [-0.2, -0.15) is 0 Å². The van der Waals surface area contributed by atoms with Crippen LogP contribution >= 0.6 is 0 Å². The topological polar surface area (TPSA) is 28.6 Å². The Morgan fingerprint density at radius 2 is 1.84 bits per heavy atom. The minimum absolute atomic E-state index is 0.509. The van der Waals surface area contributed by atoms with Crippen molar-refractivity contribution in [1.29, 1.82) is 0 Å².